The summed E-state index contributed by atoms with van der Waals surface area (Å²) in [5.74, 6) is 1.89. The van der Waals surface area contributed by atoms with Crippen molar-refractivity contribution in [3.05, 3.63) is 66.1 Å². The first kappa shape index (κ1) is 20.2. The standard InChI is InChI=1S/C19H24N6.HI/c1-20-19(24(2)15-16-9-4-3-5-10-16)21-13-8-12-18-23-22-17-11-6-7-14-25(17)18;/h3-7,9-11,14H,8,12-13,15H2,1-2H3,(H,20,21);1H. The van der Waals surface area contributed by atoms with Gasteiger partial charge in [0.2, 0.25) is 0 Å². The number of halogens is 1. The lowest BCUT2D eigenvalue weighted by atomic mass is 10.2. The Morgan fingerprint density at radius 2 is 1.88 bits per heavy atom. The maximum atomic E-state index is 4.37. The Morgan fingerprint density at radius 3 is 2.65 bits per heavy atom. The molecule has 2 aromatic heterocycles. The second-order valence-electron chi connectivity index (χ2n) is 5.96. The highest BCUT2D eigenvalue weighted by atomic mass is 127. The van der Waals surface area contributed by atoms with Gasteiger partial charge in [0.05, 0.1) is 0 Å². The van der Waals surface area contributed by atoms with Crippen LogP contribution < -0.4 is 5.32 Å². The van der Waals surface area contributed by atoms with Crippen molar-refractivity contribution in [3.63, 3.8) is 0 Å². The molecule has 0 amide bonds. The quantitative estimate of drug-likeness (QED) is 0.264. The van der Waals surface area contributed by atoms with Crippen molar-refractivity contribution in [1.29, 1.82) is 0 Å². The molecular formula is C19H25IN6. The molecule has 0 bridgehead atoms. The molecule has 0 spiro atoms. The predicted octanol–water partition coefficient (Wildman–Crippen LogP) is 2.99. The first-order chi connectivity index (χ1) is 12.3. The van der Waals surface area contributed by atoms with Gasteiger partial charge in [-0.05, 0) is 24.1 Å². The molecule has 0 aliphatic rings. The zero-order chi connectivity index (χ0) is 17.5. The van der Waals surface area contributed by atoms with Crippen LogP contribution in [0.1, 0.15) is 17.8 Å². The van der Waals surface area contributed by atoms with Gasteiger partial charge in [-0.2, -0.15) is 0 Å². The molecule has 1 N–H and O–H groups in total. The third kappa shape index (κ3) is 5.17. The number of nitrogens with zero attached hydrogens (tertiary/aromatic N) is 5. The van der Waals surface area contributed by atoms with Gasteiger partial charge in [-0.15, -0.1) is 34.2 Å². The van der Waals surface area contributed by atoms with Crippen molar-refractivity contribution in [3.8, 4) is 0 Å². The molecule has 3 aromatic rings. The summed E-state index contributed by atoms with van der Waals surface area (Å²) in [4.78, 5) is 6.49. The van der Waals surface area contributed by atoms with E-state index in [1.807, 2.05) is 49.0 Å². The summed E-state index contributed by atoms with van der Waals surface area (Å²) in [7, 11) is 3.87. The number of hydrogen-bond acceptors (Lipinski definition) is 3. The van der Waals surface area contributed by atoms with Crippen LogP contribution in [-0.4, -0.2) is 46.1 Å². The van der Waals surface area contributed by atoms with Crippen LogP contribution in [0.2, 0.25) is 0 Å². The largest absolute Gasteiger partial charge is 0.356 e. The minimum atomic E-state index is 0. The van der Waals surface area contributed by atoms with Crippen molar-refractivity contribution >= 4 is 35.6 Å². The summed E-state index contributed by atoms with van der Waals surface area (Å²) in [6.45, 7) is 1.67. The number of nitrogens with one attached hydrogen (secondary N) is 1. The number of aliphatic imine (C=N–C) groups is 1. The van der Waals surface area contributed by atoms with Crippen LogP contribution in [0.5, 0.6) is 0 Å². The number of pyridine rings is 1. The first-order valence-electron chi connectivity index (χ1n) is 8.52. The highest BCUT2D eigenvalue weighted by Gasteiger charge is 2.07. The van der Waals surface area contributed by atoms with E-state index in [0.29, 0.717) is 0 Å². The Kier molecular flexibility index (Phi) is 7.83. The zero-order valence-corrected chi connectivity index (χ0v) is 17.5. The second-order valence-corrected chi connectivity index (χ2v) is 5.96. The summed E-state index contributed by atoms with van der Waals surface area (Å²) < 4.78 is 2.04. The summed E-state index contributed by atoms with van der Waals surface area (Å²) in [6, 6.07) is 16.3. The molecular weight excluding hydrogens is 439 g/mol. The molecule has 3 rings (SSSR count). The number of fused-ring (bicyclic) bond motifs is 1. The van der Waals surface area contributed by atoms with Gasteiger partial charge in [0.15, 0.2) is 11.6 Å². The van der Waals surface area contributed by atoms with E-state index in [0.717, 1.165) is 43.4 Å². The van der Waals surface area contributed by atoms with Crippen molar-refractivity contribution in [2.45, 2.75) is 19.4 Å². The SMILES string of the molecule is CN=C(NCCCc1nnc2ccccn12)N(C)Cc1ccccc1.I. The summed E-state index contributed by atoms with van der Waals surface area (Å²) in [6.07, 6.45) is 3.84. The van der Waals surface area contributed by atoms with Crippen LogP contribution in [-0.2, 0) is 13.0 Å². The van der Waals surface area contributed by atoms with Gasteiger partial charge in [0.1, 0.15) is 5.82 Å². The molecule has 0 fully saturated rings. The molecule has 138 valence electrons. The van der Waals surface area contributed by atoms with E-state index in [4.69, 9.17) is 0 Å². The normalized spacial score (nSPS) is 11.2. The molecule has 0 saturated heterocycles. The molecule has 26 heavy (non-hydrogen) atoms. The Morgan fingerprint density at radius 1 is 1.12 bits per heavy atom. The van der Waals surface area contributed by atoms with Gasteiger partial charge in [0, 0.05) is 39.8 Å². The smallest absolute Gasteiger partial charge is 0.193 e. The fourth-order valence-corrected chi connectivity index (χ4v) is 2.82. The molecule has 0 radical (unpaired) electrons. The number of hydrogen-bond donors (Lipinski definition) is 1. The average Bonchev–Trinajstić information content (AvgIpc) is 3.06. The van der Waals surface area contributed by atoms with Crippen molar-refractivity contribution in [1.82, 2.24) is 24.8 Å². The van der Waals surface area contributed by atoms with Crippen LogP contribution in [0.25, 0.3) is 5.65 Å². The highest BCUT2D eigenvalue weighted by Crippen LogP contribution is 2.05. The molecule has 2 heterocycles. The lowest BCUT2D eigenvalue weighted by molar-refractivity contribution is 0.475. The van der Waals surface area contributed by atoms with Gasteiger partial charge in [0.25, 0.3) is 0 Å². The Bertz CT molecular complexity index is 830. The van der Waals surface area contributed by atoms with E-state index >= 15 is 0 Å². The molecule has 0 aliphatic heterocycles. The fourth-order valence-electron chi connectivity index (χ4n) is 2.82. The number of benzene rings is 1. The lowest BCUT2D eigenvalue weighted by Gasteiger charge is -2.22. The highest BCUT2D eigenvalue weighted by molar-refractivity contribution is 14.0. The monoisotopic (exact) mass is 464 g/mol. The average molecular weight is 464 g/mol. The van der Waals surface area contributed by atoms with E-state index in [-0.39, 0.29) is 24.0 Å². The molecule has 0 atom stereocenters. The zero-order valence-electron chi connectivity index (χ0n) is 15.2. The van der Waals surface area contributed by atoms with E-state index in [2.05, 4.69) is 49.7 Å². The minimum Gasteiger partial charge on any atom is -0.356 e. The van der Waals surface area contributed by atoms with E-state index in [9.17, 15) is 0 Å². The van der Waals surface area contributed by atoms with Crippen LogP contribution in [0, 0.1) is 0 Å². The lowest BCUT2D eigenvalue weighted by Crippen LogP contribution is -2.39. The van der Waals surface area contributed by atoms with E-state index in [1.165, 1.54) is 5.56 Å². The summed E-state index contributed by atoms with van der Waals surface area (Å²) in [5, 5.41) is 11.9. The fraction of sp³-hybridized carbons (Fsp3) is 0.316. The van der Waals surface area contributed by atoms with Crippen LogP contribution in [0.4, 0.5) is 0 Å². The molecule has 1 aromatic carbocycles. The van der Waals surface area contributed by atoms with Crippen LogP contribution in [0.3, 0.4) is 0 Å². The van der Waals surface area contributed by atoms with Gasteiger partial charge in [-0.25, -0.2) is 0 Å². The van der Waals surface area contributed by atoms with Gasteiger partial charge >= 0.3 is 0 Å². The van der Waals surface area contributed by atoms with E-state index in [1.54, 1.807) is 0 Å². The third-order valence-electron chi connectivity index (χ3n) is 4.08. The topological polar surface area (TPSA) is 57.8 Å². The Hall–Kier alpha value is -2.16. The maximum Gasteiger partial charge on any atom is 0.193 e. The Balaban J connectivity index is 0.00000243. The predicted molar refractivity (Wildman–Crippen MR) is 116 cm³/mol. The number of aromatic nitrogens is 3. The second kappa shape index (κ2) is 10.1. The minimum absolute atomic E-state index is 0. The van der Waals surface area contributed by atoms with Crippen molar-refractivity contribution in [2.24, 2.45) is 4.99 Å². The Labute approximate surface area is 171 Å². The number of aryl methyl sites for hydroxylation is 1. The summed E-state index contributed by atoms with van der Waals surface area (Å²) >= 11 is 0. The van der Waals surface area contributed by atoms with E-state index < -0.39 is 0 Å². The molecule has 0 aliphatic carbocycles. The van der Waals surface area contributed by atoms with Gasteiger partial charge < -0.3 is 10.2 Å². The maximum absolute atomic E-state index is 4.37. The van der Waals surface area contributed by atoms with Crippen molar-refractivity contribution in [2.75, 3.05) is 20.6 Å². The number of guanidine groups is 1. The first-order valence-corrected chi connectivity index (χ1v) is 8.52. The third-order valence-corrected chi connectivity index (χ3v) is 4.08. The molecule has 7 heteroatoms. The van der Waals surface area contributed by atoms with Crippen LogP contribution >= 0.6 is 24.0 Å². The molecule has 6 nitrogen and oxygen atoms in total. The summed E-state index contributed by atoms with van der Waals surface area (Å²) in [5.41, 5.74) is 2.16. The van der Waals surface area contributed by atoms with Gasteiger partial charge in [-0.3, -0.25) is 9.39 Å². The molecule has 0 unspecified atom stereocenters. The van der Waals surface area contributed by atoms with Crippen molar-refractivity contribution < 1.29 is 0 Å². The number of rotatable bonds is 6. The molecule has 0 saturated carbocycles. The van der Waals surface area contributed by atoms with Gasteiger partial charge in [-0.1, -0.05) is 36.4 Å². The van der Waals surface area contributed by atoms with Crippen LogP contribution in [0.15, 0.2) is 59.7 Å².